The first-order chi connectivity index (χ1) is 10.6. The van der Waals surface area contributed by atoms with E-state index >= 15 is 0 Å². The molecule has 0 radical (unpaired) electrons. The van der Waals surface area contributed by atoms with E-state index in [1.807, 2.05) is 6.07 Å². The molecular weight excluding hydrogens is 282 g/mol. The number of piperidine rings is 1. The first kappa shape index (κ1) is 15.0. The summed E-state index contributed by atoms with van der Waals surface area (Å²) >= 11 is 0. The fourth-order valence-corrected chi connectivity index (χ4v) is 3.32. The number of nitrogens with zero attached hydrogens (tertiary/aromatic N) is 3. The van der Waals surface area contributed by atoms with E-state index < -0.39 is 0 Å². The van der Waals surface area contributed by atoms with Crippen molar-refractivity contribution in [3.8, 4) is 0 Å². The molecule has 120 valence electrons. The molecule has 7 nitrogen and oxygen atoms in total. The third-order valence-electron chi connectivity index (χ3n) is 4.80. The smallest absolute Gasteiger partial charge is 0.274 e. The molecule has 0 saturated carbocycles. The number of likely N-dealkylation sites (tertiary alicyclic amines) is 1. The fraction of sp³-hybridized carbons (Fsp3) is 0.667. The number of aromatic nitrogens is 2. The number of hydrogen-bond acceptors (Lipinski definition) is 4. The van der Waals surface area contributed by atoms with Crippen molar-refractivity contribution in [1.29, 1.82) is 0 Å². The van der Waals surface area contributed by atoms with Crippen LogP contribution in [-0.4, -0.2) is 65.0 Å². The summed E-state index contributed by atoms with van der Waals surface area (Å²) in [6.07, 6.45) is 3.44. The molecule has 0 aliphatic carbocycles. The number of hydrogen-bond donors (Lipinski definition) is 2. The van der Waals surface area contributed by atoms with Gasteiger partial charge in [0.25, 0.3) is 5.91 Å². The summed E-state index contributed by atoms with van der Waals surface area (Å²) in [7, 11) is 3.87. The molecular formula is C15H23N5O2. The van der Waals surface area contributed by atoms with Crippen LogP contribution >= 0.6 is 0 Å². The van der Waals surface area contributed by atoms with Gasteiger partial charge >= 0.3 is 0 Å². The number of aromatic amines is 1. The molecule has 2 atom stereocenters. The van der Waals surface area contributed by atoms with Crippen molar-refractivity contribution in [3.05, 3.63) is 17.5 Å². The van der Waals surface area contributed by atoms with Gasteiger partial charge in [-0.2, -0.15) is 5.10 Å². The maximum atomic E-state index is 12.6. The molecule has 2 N–H and O–H groups in total. The quantitative estimate of drug-likeness (QED) is 0.853. The van der Waals surface area contributed by atoms with Gasteiger partial charge in [0.05, 0.1) is 11.7 Å². The molecule has 2 fully saturated rings. The van der Waals surface area contributed by atoms with Crippen LogP contribution in [0.5, 0.6) is 0 Å². The molecule has 1 aromatic heterocycles. The van der Waals surface area contributed by atoms with E-state index in [2.05, 4.69) is 27.5 Å². The van der Waals surface area contributed by atoms with Gasteiger partial charge in [-0.3, -0.25) is 19.6 Å². The minimum Gasteiger partial charge on any atom is -0.354 e. The van der Waals surface area contributed by atoms with Crippen LogP contribution in [-0.2, 0) is 4.79 Å². The normalized spacial score (nSPS) is 26.0. The Labute approximate surface area is 130 Å². The van der Waals surface area contributed by atoms with E-state index in [1.54, 1.807) is 11.9 Å². The SMILES string of the molecule is CN1CCCC1c1cc(C(=O)N(C)C2CCC(=O)NC2)n[nH]1. The van der Waals surface area contributed by atoms with Crippen LogP contribution in [0.1, 0.15) is 47.9 Å². The van der Waals surface area contributed by atoms with Crippen LogP contribution in [0.15, 0.2) is 6.07 Å². The molecule has 3 heterocycles. The molecule has 7 heteroatoms. The number of nitrogens with one attached hydrogen (secondary N) is 2. The Balaban J connectivity index is 1.67. The van der Waals surface area contributed by atoms with Crippen molar-refractivity contribution in [2.45, 2.75) is 37.8 Å². The Hall–Kier alpha value is -1.89. The lowest BCUT2D eigenvalue weighted by atomic mass is 10.1. The molecule has 1 aromatic rings. The summed E-state index contributed by atoms with van der Waals surface area (Å²) < 4.78 is 0. The standard InChI is InChI=1S/C15H23N5O2/c1-19-7-3-4-13(19)11-8-12(18-17-11)15(22)20(2)10-5-6-14(21)16-9-10/h8,10,13H,3-7,9H2,1-2H3,(H,16,21)(H,17,18). The Kier molecular flexibility index (Phi) is 4.15. The highest BCUT2D eigenvalue weighted by atomic mass is 16.2. The third kappa shape index (κ3) is 2.85. The monoisotopic (exact) mass is 305 g/mol. The molecule has 0 bridgehead atoms. The van der Waals surface area contributed by atoms with Crippen LogP contribution in [0.3, 0.4) is 0 Å². The van der Waals surface area contributed by atoms with E-state index in [-0.39, 0.29) is 17.9 Å². The van der Waals surface area contributed by atoms with Crippen molar-refractivity contribution >= 4 is 11.8 Å². The highest BCUT2D eigenvalue weighted by molar-refractivity contribution is 5.92. The Morgan fingerprint density at radius 1 is 1.45 bits per heavy atom. The Morgan fingerprint density at radius 3 is 2.91 bits per heavy atom. The average Bonchev–Trinajstić information content (AvgIpc) is 3.15. The van der Waals surface area contributed by atoms with E-state index in [4.69, 9.17) is 0 Å². The van der Waals surface area contributed by atoms with Gasteiger partial charge in [0, 0.05) is 26.1 Å². The van der Waals surface area contributed by atoms with Gasteiger partial charge < -0.3 is 10.2 Å². The van der Waals surface area contributed by atoms with E-state index in [0.717, 1.165) is 18.7 Å². The molecule has 2 amide bonds. The molecule has 0 aromatic carbocycles. The van der Waals surface area contributed by atoms with Gasteiger partial charge in [0.1, 0.15) is 5.69 Å². The Morgan fingerprint density at radius 2 is 2.27 bits per heavy atom. The molecule has 2 aliphatic heterocycles. The van der Waals surface area contributed by atoms with Crippen LogP contribution in [0.4, 0.5) is 0 Å². The first-order valence-electron chi connectivity index (χ1n) is 7.85. The Bertz CT molecular complexity index is 560. The van der Waals surface area contributed by atoms with Crippen molar-refractivity contribution in [2.75, 3.05) is 27.2 Å². The van der Waals surface area contributed by atoms with Gasteiger partial charge in [-0.25, -0.2) is 0 Å². The minimum absolute atomic E-state index is 0.0412. The zero-order valence-corrected chi connectivity index (χ0v) is 13.1. The summed E-state index contributed by atoms with van der Waals surface area (Å²) in [5, 5.41) is 10.0. The number of H-pyrrole nitrogens is 1. The van der Waals surface area contributed by atoms with Crippen molar-refractivity contribution < 1.29 is 9.59 Å². The van der Waals surface area contributed by atoms with E-state index in [9.17, 15) is 9.59 Å². The number of carbonyl (C=O) groups is 2. The largest absolute Gasteiger partial charge is 0.354 e. The van der Waals surface area contributed by atoms with Gasteiger partial charge in [-0.15, -0.1) is 0 Å². The molecule has 2 saturated heterocycles. The predicted octanol–water partition coefficient (Wildman–Crippen LogP) is 0.527. The third-order valence-corrected chi connectivity index (χ3v) is 4.80. The maximum Gasteiger partial charge on any atom is 0.274 e. The number of amides is 2. The summed E-state index contributed by atoms with van der Waals surface area (Å²) in [5.41, 5.74) is 1.46. The van der Waals surface area contributed by atoms with Crippen LogP contribution in [0, 0.1) is 0 Å². The highest BCUT2D eigenvalue weighted by Crippen LogP contribution is 2.29. The minimum atomic E-state index is -0.0932. The van der Waals surface area contributed by atoms with Crippen LogP contribution in [0.25, 0.3) is 0 Å². The summed E-state index contributed by atoms with van der Waals surface area (Å²) in [4.78, 5) is 27.7. The summed E-state index contributed by atoms with van der Waals surface area (Å²) in [6, 6.07) is 2.24. The zero-order valence-electron chi connectivity index (χ0n) is 13.1. The number of rotatable bonds is 3. The molecule has 22 heavy (non-hydrogen) atoms. The second kappa shape index (κ2) is 6.08. The van der Waals surface area contributed by atoms with Crippen LogP contribution in [0.2, 0.25) is 0 Å². The zero-order chi connectivity index (χ0) is 15.7. The summed E-state index contributed by atoms with van der Waals surface area (Å²) in [6.45, 7) is 1.60. The van der Waals surface area contributed by atoms with Gasteiger partial charge in [0.15, 0.2) is 0 Å². The maximum absolute atomic E-state index is 12.6. The number of carbonyl (C=O) groups excluding carboxylic acids is 2. The molecule has 2 aliphatic rings. The summed E-state index contributed by atoms with van der Waals surface area (Å²) in [5.74, 6) is -0.0345. The second-order valence-corrected chi connectivity index (χ2v) is 6.26. The molecule has 3 rings (SSSR count). The first-order valence-corrected chi connectivity index (χ1v) is 7.85. The predicted molar refractivity (Wildman–Crippen MR) is 81.3 cm³/mol. The topological polar surface area (TPSA) is 81.3 Å². The van der Waals surface area contributed by atoms with Crippen molar-refractivity contribution in [2.24, 2.45) is 0 Å². The van der Waals surface area contributed by atoms with E-state index in [1.165, 1.54) is 6.42 Å². The highest BCUT2D eigenvalue weighted by Gasteiger charge is 2.29. The lowest BCUT2D eigenvalue weighted by molar-refractivity contribution is -0.123. The van der Waals surface area contributed by atoms with Crippen LogP contribution < -0.4 is 5.32 Å². The van der Waals surface area contributed by atoms with Gasteiger partial charge in [0.2, 0.25) is 5.91 Å². The fourth-order valence-electron chi connectivity index (χ4n) is 3.32. The average molecular weight is 305 g/mol. The van der Waals surface area contributed by atoms with Gasteiger partial charge in [-0.1, -0.05) is 0 Å². The molecule has 2 unspecified atom stereocenters. The van der Waals surface area contributed by atoms with Gasteiger partial charge in [-0.05, 0) is 38.9 Å². The second-order valence-electron chi connectivity index (χ2n) is 6.26. The van der Waals surface area contributed by atoms with Crippen molar-refractivity contribution in [3.63, 3.8) is 0 Å². The van der Waals surface area contributed by atoms with E-state index in [0.29, 0.717) is 31.1 Å². The van der Waals surface area contributed by atoms with Crippen molar-refractivity contribution in [1.82, 2.24) is 25.3 Å². The lowest BCUT2D eigenvalue weighted by Gasteiger charge is -2.30. The molecule has 0 spiro atoms. The number of likely N-dealkylation sites (N-methyl/N-ethyl adjacent to an activating group) is 1. The lowest BCUT2D eigenvalue weighted by Crippen LogP contribution is -2.48.